The summed E-state index contributed by atoms with van der Waals surface area (Å²) >= 11 is 0. The molecule has 0 spiro atoms. The van der Waals surface area contributed by atoms with E-state index in [0.717, 1.165) is 12.8 Å². The highest BCUT2D eigenvalue weighted by atomic mass is 32.2. The van der Waals surface area contributed by atoms with E-state index in [1.807, 2.05) is 19.2 Å². The number of hydrogen-bond donors (Lipinski definition) is 4. The van der Waals surface area contributed by atoms with Gasteiger partial charge in [-0.05, 0) is 85.6 Å². The van der Waals surface area contributed by atoms with Gasteiger partial charge in [-0.2, -0.15) is 8.42 Å². The second-order valence-corrected chi connectivity index (χ2v) is 10.1. The van der Waals surface area contributed by atoms with Crippen LogP contribution in [0.3, 0.4) is 0 Å². The molecule has 0 saturated heterocycles. The summed E-state index contributed by atoms with van der Waals surface area (Å²) in [6.07, 6.45) is 6.11. The number of aryl methyl sites for hydroxylation is 1. The quantitative estimate of drug-likeness (QED) is 0.542. The van der Waals surface area contributed by atoms with Crippen molar-refractivity contribution in [1.29, 1.82) is 0 Å². The van der Waals surface area contributed by atoms with Crippen molar-refractivity contribution in [1.82, 2.24) is 5.32 Å². The number of rotatable bonds is 1. The molecule has 1 aromatic carbocycles. The van der Waals surface area contributed by atoms with E-state index in [4.69, 9.17) is 4.55 Å². The van der Waals surface area contributed by atoms with Crippen LogP contribution in [0.5, 0.6) is 5.75 Å². The molecule has 152 valence electrons. The van der Waals surface area contributed by atoms with Gasteiger partial charge >= 0.3 is 0 Å². The molecule has 6 atom stereocenters. The molecule has 2 fully saturated rings. The van der Waals surface area contributed by atoms with E-state index in [1.54, 1.807) is 0 Å². The minimum absolute atomic E-state index is 0.208. The predicted octanol–water partition coefficient (Wildman–Crippen LogP) is 2.31. The maximum absolute atomic E-state index is 10.5. The van der Waals surface area contributed by atoms with Crippen molar-refractivity contribution in [3.05, 3.63) is 29.3 Å². The Morgan fingerprint density at radius 3 is 2.56 bits per heavy atom. The zero-order valence-electron chi connectivity index (χ0n) is 16.2. The van der Waals surface area contributed by atoms with Gasteiger partial charge < -0.3 is 15.5 Å². The lowest BCUT2D eigenvalue weighted by atomic mass is 9.55. The summed E-state index contributed by atoms with van der Waals surface area (Å²) in [6, 6.07) is 6.18. The SMILES string of the molecule is CN[C@H]1[C@H](O)C[C@H]2[C@@H]3CCc4cc(O)ccc4[C@H]3CC[C@@]21C.CS(=O)(=O)O. The molecule has 0 unspecified atom stereocenters. The fourth-order valence-corrected chi connectivity index (χ4v) is 6.10. The van der Waals surface area contributed by atoms with E-state index in [9.17, 15) is 18.6 Å². The first-order valence-corrected chi connectivity index (χ1v) is 11.5. The highest BCUT2D eigenvalue weighted by molar-refractivity contribution is 7.85. The van der Waals surface area contributed by atoms with Gasteiger partial charge in [0.05, 0.1) is 12.4 Å². The Labute approximate surface area is 161 Å². The van der Waals surface area contributed by atoms with Gasteiger partial charge in [0.2, 0.25) is 0 Å². The van der Waals surface area contributed by atoms with E-state index in [1.165, 1.54) is 30.4 Å². The highest BCUT2D eigenvalue weighted by Crippen LogP contribution is 2.60. The number of aliphatic hydroxyl groups excluding tert-OH is 1. The Morgan fingerprint density at radius 1 is 1.26 bits per heavy atom. The maximum atomic E-state index is 10.5. The number of nitrogens with one attached hydrogen (secondary N) is 1. The Bertz CT molecular complexity index is 788. The van der Waals surface area contributed by atoms with Gasteiger partial charge in [0.25, 0.3) is 10.1 Å². The van der Waals surface area contributed by atoms with Crippen LogP contribution >= 0.6 is 0 Å². The molecule has 27 heavy (non-hydrogen) atoms. The molecule has 0 heterocycles. The van der Waals surface area contributed by atoms with Crippen LogP contribution in [0.1, 0.15) is 49.7 Å². The molecule has 0 aromatic heterocycles. The standard InChI is InChI=1S/C19H27NO2.CH4O3S/c1-19-8-7-14-13-6-4-12(21)9-11(13)3-5-15(14)16(19)10-17(22)18(19)20-2;1-5(2,3)4/h4,6,9,14-18,20-22H,3,5,7-8,10H2,1-2H3;1H3,(H,2,3,4)/t14-,15-,16+,17-,18+,19+;/m1./s1. The first kappa shape index (κ1) is 20.6. The fraction of sp³-hybridized carbons (Fsp3) is 0.700. The molecule has 3 aliphatic carbocycles. The Hall–Kier alpha value is -1.15. The lowest BCUT2D eigenvalue weighted by Crippen LogP contribution is -2.49. The van der Waals surface area contributed by atoms with Gasteiger partial charge in [0.15, 0.2) is 0 Å². The topological polar surface area (TPSA) is 107 Å². The summed E-state index contributed by atoms with van der Waals surface area (Å²) in [5.74, 6) is 2.30. The zero-order valence-corrected chi connectivity index (χ0v) is 17.0. The first-order valence-electron chi connectivity index (χ1n) is 9.64. The van der Waals surface area contributed by atoms with Gasteiger partial charge in [-0.15, -0.1) is 0 Å². The van der Waals surface area contributed by atoms with E-state index >= 15 is 0 Å². The number of likely N-dealkylation sites (N-methyl/N-ethyl adjacent to an activating group) is 1. The van der Waals surface area contributed by atoms with Crippen LogP contribution in [0.15, 0.2) is 18.2 Å². The molecule has 4 rings (SSSR count). The molecule has 4 N–H and O–H groups in total. The summed E-state index contributed by atoms with van der Waals surface area (Å²) in [7, 11) is -1.67. The minimum atomic E-state index is -3.67. The molecule has 7 heteroatoms. The van der Waals surface area contributed by atoms with Gasteiger partial charge in [0.1, 0.15) is 5.75 Å². The summed E-state index contributed by atoms with van der Waals surface area (Å²) in [5, 5.41) is 23.6. The third-order valence-corrected chi connectivity index (χ3v) is 7.05. The monoisotopic (exact) mass is 397 g/mol. The molecule has 0 bridgehead atoms. The van der Waals surface area contributed by atoms with E-state index in [-0.39, 0.29) is 17.6 Å². The molecule has 3 aliphatic rings. The number of benzene rings is 1. The van der Waals surface area contributed by atoms with Gasteiger partial charge in [-0.1, -0.05) is 13.0 Å². The van der Waals surface area contributed by atoms with Crippen LogP contribution < -0.4 is 5.32 Å². The average Bonchev–Trinajstić information content (AvgIpc) is 2.82. The Balaban J connectivity index is 0.000000376. The molecule has 0 radical (unpaired) electrons. The third kappa shape index (κ3) is 4.01. The van der Waals surface area contributed by atoms with Crippen molar-refractivity contribution in [3.63, 3.8) is 0 Å². The van der Waals surface area contributed by atoms with E-state index < -0.39 is 10.1 Å². The first-order chi connectivity index (χ1) is 12.5. The van der Waals surface area contributed by atoms with Crippen molar-refractivity contribution < 1.29 is 23.2 Å². The average molecular weight is 398 g/mol. The van der Waals surface area contributed by atoms with Gasteiger partial charge in [-0.25, -0.2) is 0 Å². The zero-order chi connectivity index (χ0) is 20.0. The second-order valence-electron chi connectivity index (χ2n) is 8.65. The molecular weight excluding hydrogens is 366 g/mol. The van der Waals surface area contributed by atoms with Gasteiger partial charge in [-0.3, -0.25) is 4.55 Å². The molecule has 2 saturated carbocycles. The molecule has 0 amide bonds. The van der Waals surface area contributed by atoms with Crippen molar-refractivity contribution in [2.24, 2.45) is 17.3 Å². The number of hydrogen-bond acceptors (Lipinski definition) is 5. The second kappa shape index (κ2) is 7.35. The van der Waals surface area contributed by atoms with Crippen molar-refractivity contribution in [3.8, 4) is 5.75 Å². The summed E-state index contributed by atoms with van der Waals surface area (Å²) in [6.45, 7) is 2.39. The lowest BCUT2D eigenvalue weighted by Gasteiger charge is -2.50. The lowest BCUT2D eigenvalue weighted by molar-refractivity contribution is 0.0382. The normalized spacial score (nSPS) is 37.4. The minimum Gasteiger partial charge on any atom is -0.508 e. The van der Waals surface area contributed by atoms with Crippen molar-refractivity contribution in [2.45, 2.75) is 57.1 Å². The van der Waals surface area contributed by atoms with Crippen LogP contribution in [0.2, 0.25) is 0 Å². The largest absolute Gasteiger partial charge is 0.508 e. The third-order valence-electron chi connectivity index (χ3n) is 7.05. The number of phenolic OH excluding ortho intramolecular Hbond substituents is 1. The predicted molar refractivity (Wildman–Crippen MR) is 104 cm³/mol. The Kier molecular flexibility index (Phi) is 5.60. The van der Waals surface area contributed by atoms with E-state index in [2.05, 4.69) is 18.3 Å². The van der Waals surface area contributed by atoms with Crippen molar-refractivity contribution in [2.75, 3.05) is 13.3 Å². The van der Waals surface area contributed by atoms with Crippen LogP contribution in [0.25, 0.3) is 0 Å². The molecule has 1 aromatic rings. The fourth-order valence-electron chi connectivity index (χ4n) is 6.10. The summed E-state index contributed by atoms with van der Waals surface area (Å²) in [5.41, 5.74) is 3.02. The Morgan fingerprint density at radius 2 is 1.93 bits per heavy atom. The molecule has 0 aliphatic heterocycles. The molecular formula is C20H31NO5S. The van der Waals surface area contributed by atoms with E-state index in [0.29, 0.717) is 29.8 Å². The summed E-state index contributed by atoms with van der Waals surface area (Å²) in [4.78, 5) is 0. The van der Waals surface area contributed by atoms with Crippen LogP contribution in [-0.2, 0) is 16.5 Å². The smallest absolute Gasteiger partial charge is 0.261 e. The highest BCUT2D eigenvalue weighted by Gasteiger charge is 2.57. The van der Waals surface area contributed by atoms with Crippen LogP contribution in [0.4, 0.5) is 0 Å². The van der Waals surface area contributed by atoms with Crippen molar-refractivity contribution >= 4 is 10.1 Å². The van der Waals surface area contributed by atoms with Gasteiger partial charge in [0, 0.05) is 6.04 Å². The van der Waals surface area contributed by atoms with Crippen LogP contribution in [0, 0.1) is 17.3 Å². The molecule has 6 nitrogen and oxygen atoms in total. The number of fused-ring (bicyclic) bond motifs is 5. The number of aromatic hydroxyl groups is 1. The van der Waals surface area contributed by atoms with Crippen LogP contribution in [-0.4, -0.2) is 48.6 Å². The number of aliphatic hydroxyl groups is 1. The number of phenols is 1. The summed E-state index contributed by atoms with van der Waals surface area (Å²) < 4.78 is 25.9. The maximum Gasteiger partial charge on any atom is 0.261 e.